The molecule has 0 unspecified atom stereocenters. The van der Waals surface area contributed by atoms with Crippen LogP contribution in [-0.2, 0) is 0 Å². The lowest BCUT2D eigenvalue weighted by Crippen LogP contribution is -2.06. The minimum Gasteiger partial charge on any atom is -0.872 e. The van der Waals surface area contributed by atoms with E-state index in [0.29, 0.717) is 5.69 Å². The predicted octanol–water partition coefficient (Wildman–Crippen LogP) is 5.08. The first-order valence-electron chi connectivity index (χ1n) is 8.51. The Hall–Kier alpha value is -3.31. The average Bonchev–Trinajstić information content (AvgIpc) is 3.21. The standard InChI is InChI=1S/C22H15NO3S/c1-12-16-10-19(22(25)26)23(13-5-4-6-14(24)9-13)18(16)11-17-15-7-2-3-8-20(15)27-21(12)17/h2-11,24H,1H3,(H,25,26)/p-1. The number of aromatic nitrogens is 1. The van der Waals surface area contributed by atoms with Crippen LogP contribution in [0.5, 0.6) is 5.75 Å². The van der Waals surface area contributed by atoms with Crippen molar-refractivity contribution in [3.63, 3.8) is 0 Å². The second kappa shape index (κ2) is 5.59. The van der Waals surface area contributed by atoms with Crippen molar-refractivity contribution in [2.45, 2.75) is 6.92 Å². The van der Waals surface area contributed by atoms with Gasteiger partial charge in [0.15, 0.2) is 0 Å². The Kier molecular flexibility index (Phi) is 3.29. The van der Waals surface area contributed by atoms with E-state index < -0.39 is 5.97 Å². The molecule has 0 radical (unpaired) electrons. The number of hydrogen-bond donors (Lipinski definition) is 1. The Morgan fingerprint density at radius 1 is 1.00 bits per heavy atom. The van der Waals surface area contributed by atoms with Crippen LogP contribution in [-0.4, -0.2) is 15.6 Å². The number of hydrogen-bond acceptors (Lipinski definition) is 3. The molecule has 5 rings (SSSR count). The Morgan fingerprint density at radius 3 is 2.59 bits per heavy atom. The maximum absolute atomic E-state index is 11.9. The third kappa shape index (κ3) is 2.25. The molecule has 2 aromatic heterocycles. The molecule has 0 saturated carbocycles. The van der Waals surface area contributed by atoms with Crippen molar-refractivity contribution in [2.75, 3.05) is 0 Å². The van der Waals surface area contributed by atoms with E-state index in [-0.39, 0.29) is 11.4 Å². The first-order chi connectivity index (χ1) is 13.0. The molecule has 0 aliphatic carbocycles. The van der Waals surface area contributed by atoms with Crippen LogP contribution in [0.3, 0.4) is 0 Å². The highest BCUT2D eigenvalue weighted by molar-refractivity contribution is 7.26. The van der Waals surface area contributed by atoms with E-state index >= 15 is 0 Å². The molecular formula is C22H14NO3S-. The van der Waals surface area contributed by atoms with Crippen molar-refractivity contribution in [2.24, 2.45) is 0 Å². The van der Waals surface area contributed by atoms with Crippen LogP contribution in [0.25, 0.3) is 36.8 Å². The number of fused-ring (bicyclic) bond motifs is 4. The van der Waals surface area contributed by atoms with E-state index in [0.717, 1.165) is 31.9 Å². The fraction of sp³-hybridized carbons (Fsp3) is 0.0455. The number of benzene rings is 3. The number of carboxylic acids is 1. The zero-order valence-electron chi connectivity index (χ0n) is 14.4. The largest absolute Gasteiger partial charge is 0.872 e. The number of carboxylic acid groups (broad SMARTS) is 1. The first kappa shape index (κ1) is 15.9. The molecule has 2 heterocycles. The van der Waals surface area contributed by atoms with Gasteiger partial charge >= 0.3 is 5.97 Å². The number of thiophene rings is 1. The van der Waals surface area contributed by atoms with Gasteiger partial charge in [-0.15, -0.1) is 17.1 Å². The van der Waals surface area contributed by atoms with Gasteiger partial charge in [-0.2, -0.15) is 0 Å². The monoisotopic (exact) mass is 372 g/mol. The summed E-state index contributed by atoms with van der Waals surface area (Å²) in [6.07, 6.45) is 0. The van der Waals surface area contributed by atoms with Gasteiger partial charge < -0.3 is 14.8 Å². The van der Waals surface area contributed by atoms with Gasteiger partial charge in [0, 0.05) is 31.2 Å². The number of aryl methyl sites for hydroxylation is 1. The van der Waals surface area contributed by atoms with E-state index in [1.165, 1.54) is 16.8 Å². The fourth-order valence-corrected chi connectivity index (χ4v) is 4.97. The van der Waals surface area contributed by atoms with Crippen molar-refractivity contribution in [1.29, 1.82) is 0 Å². The van der Waals surface area contributed by atoms with E-state index in [4.69, 9.17) is 0 Å². The molecule has 0 aliphatic rings. The summed E-state index contributed by atoms with van der Waals surface area (Å²) in [5.74, 6) is -1.17. The number of rotatable bonds is 2. The highest BCUT2D eigenvalue weighted by atomic mass is 32.1. The fourth-order valence-electron chi connectivity index (χ4n) is 3.77. The number of carbonyl (C=O) groups is 1. The molecule has 1 N–H and O–H groups in total. The zero-order valence-corrected chi connectivity index (χ0v) is 15.2. The van der Waals surface area contributed by atoms with E-state index in [2.05, 4.69) is 12.1 Å². The summed E-state index contributed by atoms with van der Waals surface area (Å²) in [5, 5.41) is 24.8. The van der Waals surface area contributed by atoms with Gasteiger partial charge in [-0.25, -0.2) is 4.79 Å². The summed E-state index contributed by atoms with van der Waals surface area (Å²) in [7, 11) is 0. The Balaban J connectivity index is 1.98. The van der Waals surface area contributed by atoms with Gasteiger partial charge in [0.05, 0.1) is 5.52 Å². The maximum atomic E-state index is 11.9. The lowest BCUT2D eigenvalue weighted by molar-refractivity contribution is -0.268. The molecule has 3 aromatic carbocycles. The topological polar surface area (TPSA) is 65.3 Å². The maximum Gasteiger partial charge on any atom is 0.352 e. The Morgan fingerprint density at radius 2 is 1.81 bits per heavy atom. The van der Waals surface area contributed by atoms with Crippen LogP contribution in [0.2, 0.25) is 0 Å². The van der Waals surface area contributed by atoms with Crippen molar-refractivity contribution >= 4 is 48.4 Å². The molecule has 0 spiro atoms. The van der Waals surface area contributed by atoms with Crippen LogP contribution < -0.4 is 5.11 Å². The van der Waals surface area contributed by atoms with Crippen LogP contribution in [0.4, 0.5) is 0 Å². The first-order valence-corrected chi connectivity index (χ1v) is 9.33. The van der Waals surface area contributed by atoms with Crippen LogP contribution >= 0.6 is 11.3 Å². The highest BCUT2D eigenvalue weighted by Crippen LogP contribution is 2.40. The Labute approximate surface area is 158 Å². The minimum absolute atomic E-state index is 0.149. The summed E-state index contributed by atoms with van der Waals surface area (Å²) in [6.45, 7) is 2.03. The van der Waals surface area contributed by atoms with Crippen molar-refractivity contribution < 1.29 is 15.0 Å². The molecule has 0 saturated heterocycles. The second-order valence-electron chi connectivity index (χ2n) is 6.58. The summed E-state index contributed by atoms with van der Waals surface area (Å²) in [4.78, 5) is 11.9. The summed E-state index contributed by atoms with van der Waals surface area (Å²) in [5.41, 5.74) is 2.57. The SMILES string of the molecule is Cc1c2cc(C(=O)O)n(-c3cccc([O-])c3)c2cc2c1sc1ccccc12. The lowest BCUT2D eigenvalue weighted by Gasteiger charge is -2.12. The van der Waals surface area contributed by atoms with E-state index in [1.807, 2.05) is 25.1 Å². The van der Waals surface area contributed by atoms with Crippen molar-refractivity contribution in [1.82, 2.24) is 4.57 Å². The van der Waals surface area contributed by atoms with Crippen LogP contribution in [0.1, 0.15) is 16.1 Å². The van der Waals surface area contributed by atoms with Crippen molar-refractivity contribution in [3.8, 4) is 11.4 Å². The van der Waals surface area contributed by atoms with Gasteiger partial charge in [-0.1, -0.05) is 30.3 Å². The summed E-state index contributed by atoms with van der Waals surface area (Å²) >= 11 is 1.72. The second-order valence-corrected chi connectivity index (χ2v) is 7.63. The molecule has 0 atom stereocenters. The van der Waals surface area contributed by atoms with Gasteiger partial charge in [0.2, 0.25) is 0 Å². The molecule has 0 bridgehead atoms. The molecule has 4 nitrogen and oxygen atoms in total. The quantitative estimate of drug-likeness (QED) is 0.470. The smallest absolute Gasteiger partial charge is 0.352 e. The van der Waals surface area contributed by atoms with Crippen LogP contribution in [0, 0.1) is 6.92 Å². The molecule has 5 aromatic rings. The molecular weight excluding hydrogens is 358 g/mol. The summed E-state index contributed by atoms with van der Waals surface area (Å²) < 4.78 is 4.03. The third-order valence-corrected chi connectivity index (χ3v) is 6.30. The highest BCUT2D eigenvalue weighted by Gasteiger charge is 2.20. The van der Waals surface area contributed by atoms with Gasteiger partial charge in [-0.05, 0) is 42.8 Å². The molecule has 0 fully saturated rings. The zero-order chi connectivity index (χ0) is 18.7. The molecule has 27 heavy (non-hydrogen) atoms. The molecule has 5 heteroatoms. The predicted molar refractivity (Wildman–Crippen MR) is 107 cm³/mol. The Bertz CT molecular complexity index is 1380. The van der Waals surface area contributed by atoms with Gasteiger partial charge in [0.1, 0.15) is 5.69 Å². The van der Waals surface area contributed by atoms with Crippen LogP contribution in [0.15, 0.2) is 60.7 Å². The molecule has 0 amide bonds. The van der Waals surface area contributed by atoms with Crippen molar-refractivity contribution in [3.05, 3.63) is 71.9 Å². The molecule has 0 aliphatic heterocycles. The normalized spacial score (nSPS) is 11.6. The lowest BCUT2D eigenvalue weighted by atomic mass is 10.1. The number of aromatic carboxylic acids is 1. The van der Waals surface area contributed by atoms with Gasteiger partial charge in [0.25, 0.3) is 0 Å². The number of nitrogens with zero attached hydrogens (tertiary/aromatic N) is 1. The molecule has 132 valence electrons. The minimum atomic E-state index is -1.02. The van der Waals surface area contributed by atoms with Gasteiger partial charge in [-0.3, -0.25) is 0 Å². The van der Waals surface area contributed by atoms with E-state index in [9.17, 15) is 15.0 Å². The third-order valence-electron chi connectivity index (χ3n) is 4.99. The average molecular weight is 372 g/mol. The summed E-state index contributed by atoms with van der Waals surface area (Å²) in [6, 6.07) is 18.3. The van der Waals surface area contributed by atoms with E-state index in [1.54, 1.807) is 34.1 Å².